The van der Waals surface area contributed by atoms with Crippen LogP contribution in [0.1, 0.15) is 56.4 Å². The molecule has 0 saturated carbocycles. The highest BCUT2D eigenvalue weighted by atomic mass is 127. The van der Waals surface area contributed by atoms with Gasteiger partial charge >= 0.3 is 0 Å². The number of halogens is 1. The average molecular weight is 512 g/mol. The molecule has 0 saturated heterocycles. The van der Waals surface area contributed by atoms with Gasteiger partial charge < -0.3 is 19.9 Å². The molecule has 29 heavy (non-hydrogen) atoms. The first-order valence-electron chi connectivity index (χ1n) is 10.4. The van der Waals surface area contributed by atoms with Gasteiger partial charge in [-0.2, -0.15) is 0 Å². The Hall–Kier alpha value is -1.68. The smallest absolute Gasteiger partial charge is 0.191 e. The predicted octanol–water partition coefficient (Wildman–Crippen LogP) is 3.46. The van der Waals surface area contributed by atoms with E-state index in [1.165, 1.54) is 18.4 Å². The summed E-state index contributed by atoms with van der Waals surface area (Å²) < 4.78 is 8.15. The minimum absolute atomic E-state index is 0. The Balaban J connectivity index is 0.00000300. The fourth-order valence-electron chi connectivity index (χ4n) is 3.34. The highest BCUT2D eigenvalue weighted by molar-refractivity contribution is 14.0. The van der Waals surface area contributed by atoms with Gasteiger partial charge in [-0.1, -0.05) is 30.3 Å². The zero-order valence-corrected chi connectivity index (χ0v) is 19.8. The molecule has 8 heteroatoms. The Morgan fingerprint density at radius 1 is 1.21 bits per heavy atom. The summed E-state index contributed by atoms with van der Waals surface area (Å²) in [6.45, 7) is 8.06. The molecule has 1 aromatic heterocycles. The van der Waals surface area contributed by atoms with E-state index < -0.39 is 0 Å². The molecule has 0 spiro atoms. The monoisotopic (exact) mass is 512 g/mol. The van der Waals surface area contributed by atoms with Crippen LogP contribution in [0.25, 0.3) is 0 Å². The lowest BCUT2D eigenvalue weighted by Crippen LogP contribution is -2.38. The summed E-state index contributed by atoms with van der Waals surface area (Å²) in [5, 5.41) is 15.3. The lowest BCUT2D eigenvalue weighted by molar-refractivity contribution is 0.0646. The van der Waals surface area contributed by atoms with Crippen molar-refractivity contribution in [3.05, 3.63) is 47.5 Å². The Kier molecular flexibility index (Phi) is 10.4. The number of nitrogens with zero attached hydrogens (tertiary/aromatic N) is 4. The third-order valence-corrected chi connectivity index (χ3v) is 4.91. The molecule has 3 rings (SSSR count). The van der Waals surface area contributed by atoms with Crippen molar-refractivity contribution in [3.8, 4) is 0 Å². The Morgan fingerprint density at radius 2 is 2.03 bits per heavy atom. The molecule has 2 N–H and O–H groups in total. The van der Waals surface area contributed by atoms with E-state index in [9.17, 15) is 0 Å². The molecule has 2 heterocycles. The first kappa shape index (κ1) is 23.6. The topological polar surface area (TPSA) is 76.4 Å². The first-order valence-corrected chi connectivity index (χ1v) is 10.4. The van der Waals surface area contributed by atoms with E-state index in [2.05, 4.69) is 56.4 Å². The summed E-state index contributed by atoms with van der Waals surface area (Å²) in [6.07, 6.45) is 4.46. The SMILES string of the molecule is CCNC(=NCc1nnc2n1CCCC2)NCCCOC(C)c1ccccc1.I. The fourth-order valence-corrected chi connectivity index (χ4v) is 3.34. The van der Waals surface area contributed by atoms with Gasteiger partial charge in [-0.25, -0.2) is 4.99 Å². The fraction of sp³-hybridized carbons (Fsp3) is 0.571. The number of benzene rings is 1. The molecule has 1 atom stereocenters. The second-order valence-electron chi connectivity index (χ2n) is 7.04. The van der Waals surface area contributed by atoms with Crippen molar-refractivity contribution in [3.63, 3.8) is 0 Å². The van der Waals surface area contributed by atoms with Gasteiger partial charge in [0, 0.05) is 32.7 Å². The molecule has 160 valence electrons. The number of aliphatic imine (C=N–C) groups is 1. The minimum atomic E-state index is 0. The normalized spacial score (nSPS) is 14.6. The molecule has 2 aromatic rings. The van der Waals surface area contributed by atoms with Crippen LogP contribution >= 0.6 is 24.0 Å². The molecule has 0 fully saturated rings. The molecule has 1 unspecified atom stereocenters. The van der Waals surface area contributed by atoms with Gasteiger partial charge in [0.25, 0.3) is 0 Å². The largest absolute Gasteiger partial charge is 0.374 e. The van der Waals surface area contributed by atoms with Crippen LogP contribution in [0.3, 0.4) is 0 Å². The Bertz CT molecular complexity index is 749. The van der Waals surface area contributed by atoms with Crippen molar-refractivity contribution in [1.29, 1.82) is 0 Å². The van der Waals surface area contributed by atoms with Crippen LogP contribution in [0.2, 0.25) is 0 Å². The highest BCUT2D eigenvalue weighted by Gasteiger charge is 2.15. The Morgan fingerprint density at radius 3 is 2.83 bits per heavy atom. The van der Waals surface area contributed by atoms with E-state index in [1.54, 1.807) is 0 Å². The van der Waals surface area contributed by atoms with E-state index in [0.29, 0.717) is 13.2 Å². The zero-order chi connectivity index (χ0) is 19.6. The van der Waals surface area contributed by atoms with Gasteiger partial charge in [0.05, 0.1) is 6.10 Å². The van der Waals surface area contributed by atoms with Crippen LogP contribution in [-0.2, 0) is 24.2 Å². The third-order valence-electron chi connectivity index (χ3n) is 4.91. The van der Waals surface area contributed by atoms with E-state index in [-0.39, 0.29) is 30.1 Å². The first-order chi connectivity index (χ1) is 13.8. The van der Waals surface area contributed by atoms with Crippen molar-refractivity contribution in [2.24, 2.45) is 4.99 Å². The number of fused-ring (bicyclic) bond motifs is 1. The number of aromatic nitrogens is 3. The molecule has 1 aliphatic heterocycles. The zero-order valence-electron chi connectivity index (χ0n) is 17.4. The van der Waals surface area contributed by atoms with Crippen LogP contribution < -0.4 is 10.6 Å². The minimum Gasteiger partial charge on any atom is -0.374 e. The summed E-state index contributed by atoms with van der Waals surface area (Å²) in [5.74, 6) is 2.86. The van der Waals surface area contributed by atoms with Gasteiger partial charge in [-0.3, -0.25) is 0 Å². The van der Waals surface area contributed by atoms with Gasteiger partial charge in [0.1, 0.15) is 12.4 Å². The molecular formula is C21H33IN6O. The summed E-state index contributed by atoms with van der Waals surface area (Å²) >= 11 is 0. The molecule has 0 bridgehead atoms. The third kappa shape index (κ3) is 7.26. The molecule has 0 aliphatic carbocycles. The van der Waals surface area contributed by atoms with Crippen LogP contribution in [-0.4, -0.2) is 40.4 Å². The summed E-state index contributed by atoms with van der Waals surface area (Å²) in [4.78, 5) is 4.67. The van der Waals surface area contributed by atoms with Gasteiger partial charge in [0.2, 0.25) is 0 Å². The van der Waals surface area contributed by atoms with E-state index in [4.69, 9.17) is 4.74 Å². The van der Waals surface area contributed by atoms with Gasteiger partial charge in [0.15, 0.2) is 11.8 Å². The maximum absolute atomic E-state index is 5.93. The molecule has 7 nitrogen and oxygen atoms in total. The maximum Gasteiger partial charge on any atom is 0.191 e. The summed E-state index contributed by atoms with van der Waals surface area (Å²) in [5.41, 5.74) is 1.21. The van der Waals surface area contributed by atoms with Gasteiger partial charge in [-0.15, -0.1) is 34.2 Å². The van der Waals surface area contributed by atoms with E-state index >= 15 is 0 Å². The van der Waals surface area contributed by atoms with Crippen molar-refractivity contribution >= 4 is 29.9 Å². The number of aryl methyl sites for hydroxylation is 1. The van der Waals surface area contributed by atoms with Crippen molar-refractivity contribution in [1.82, 2.24) is 25.4 Å². The van der Waals surface area contributed by atoms with E-state index in [1.807, 2.05) is 18.2 Å². The molecule has 0 radical (unpaired) electrons. The molecule has 1 aliphatic rings. The number of hydrogen-bond donors (Lipinski definition) is 2. The standard InChI is InChI=1S/C21H32N6O.HI/c1-3-22-21(24-16-20-26-25-19-12-7-8-14-27(19)20)23-13-9-15-28-17(2)18-10-5-4-6-11-18;/h4-6,10-11,17H,3,7-9,12-16H2,1-2H3,(H2,22,23,24);1H. The van der Waals surface area contributed by atoms with Crippen molar-refractivity contribution in [2.75, 3.05) is 19.7 Å². The van der Waals surface area contributed by atoms with Crippen LogP contribution in [0.15, 0.2) is 35.3 Å². The van der Waals surface area contributed by atoms with E-state index in [0.717, 1.165) is 50.1 Å². The lowest BCUT2D eigenvalue weighted by atomic mass is 10.1. The highest BCUT2D eigenvalue weighted by Crippen LogP contribution is 2.16. The quantitative estimate of drug-likeness (QED) is 0.233. The van der Waals surface area contributed by atoms with Crippen molar-refractivity contribution in [2.45, 2.75) is 58.7 Å². The lowest BCUT2D eigenvalue weighted by Gasteiger charge is -2.15. The summed E-state index contributed by atoms with van der Waals surface area (Å²) in [6, 6.07) is 10.3. The Labute approximate surface area is 190 Å². The molecule has 1 aromatic carbocycles. The number of nitrogens with one attached hydrogen (secondary N) is 2. The number of ether oxygens (including phenoxy) is 1. The van der Waals surface area contributed by atoms with Crippen LogP contribution in [0, 0.1) is 0 Å². The second-order valence-corrected chi connectivity index (χ2v) is 7.04. The second kappa shape index (κ2) is 12.8. The number of hydrogen-bond acceptors (Lipinski definition) is 4. The van der Waals surface area contributed by atoms with Gasteiger partial charge in [-0.05, 0) is 38.7 Å². The van der Waals surface area contributed by atoms with Crippen LogP contribution in [0.5, 0.6) is 0 Å². The predicted molar refractivity (Wildman–Crippen MR) is 127 cm³/mol. The van der Waals surface area contributed by atoms with Crippen LogP contribution in [0.4, 0.5) is 0 Å². The molecular weight excluding hydrogens is 479 g/mol. The maximum atomic E-state index is 5.93. The average Bonchev–Trinajstić information content (AvgIpc) is 3.15. The number of guanidine groups is 1. The molecule has 0 amide bonds. The van der Waals surface area contributed by atoms with Crippen molar-refractivity contribution < 1.29 is 4.74 Å². The summed E-state index contributed by atoms with van der Waals surface area (Å²) in [7, 11) is 0. The number of rotatable bonds is 9.